The molecule has 0 N–H and O–H groups in total. The van der Waals surface area contributed by atoms with Gasteiger partial charge in [0.25, 0.3) is 0 Å². The molecule has 0 unspecified atom stereocenters. The van der Waals surface area contributed by atoms with Gasteiger partial charge in [-0.3, -0.25) is 0 Å². The molecule has 1 aromatic carbocycles. The molecule has 0 saturated heterocycles. The smallest absolute Gasteiger partial charge is 0.0196 e. The van der Waals surface area contributed by atoms with Crippen molar-refractivity contribution in [2.45, 2.75) is 67.6 Å². The van der Waals surface area contributed by atoms with Crippen LogP contribution >= 0.6 is 22.6 Å². The van der Waals surface area contributed by atoms with Crippen LogP contribution in [0.3, 0.4) is 0 Å². The van der Waals surface area contributed by atoms with Crippen LogP contribution in [0.25, 0.3) is 0 Å². The van der Waals surface area contributed by atoms with Crippen molar-refractivity contribution in [2.24, 2.45) is 5.92 Å². The first-order valence-corrected chi connectivity index (χ1v) is 22.9. The molecular formula is C26H41IO4Sn. The summed E-state index contributed by atoms with van der Waals surface area (Å²) in [6, 6.07) is 7.96. The van der Waals surface area contributed by atoms with E-state index < -0.39 is 18.4 Å². The molecule has 0 bridgehead atoms. The van der Waals surface area contributed by atoms with Gasteiger partial charge in [0, 0.05) is 0 Å². The van der Waals surface area contributed by atoms with E-state index >= 15 is 0 Å². The number of allylic oxidation sites excluding steroid dienone is 2. The summed E-state index contributed by atoms with van der Waals surface area (Å²) in [5.74, 6) is 1.18. The summed E-state index contributed by atoms with van der Waals surface area (Å²) in [4.78, 5) is 19.2. The van der Waals surface area contributed by atoms with Gasteiger partial charge in [0.05, 0.1) is 13.7 Å². The third-order valence-electron chi connectivity index (χ3n) is 5.55. The van der Waals surface area contributed by atoms with E-state index in [0.717, 1.165) is 35.0 Å². The summed E-state index contributed by atoms with van der Waals surface area (Å²) in [6.45, 7) is 7.67. The predicted molar refractivity (Wildman–Crippen MR) is 145 cm³/mol. The molecule has 0 spiro atoms. The summed E-state index contributed by atoms with van der Waals surface area (Å²) < 4.78 is 18.8. The molecule has 32 heavy (non-hydrogen) atoms. The second kappa shape index (κ2) is 15.4. The Morgan fingerprint density at radius 3 is 2.38 bits per heavy atom. The van der Waals surface area contributed by atoms with Gasteiger partial charge in [-0.25, -0.2) is 0 Å². The van der Waals surface area contributed by atoms with Gasteiger partial charge in [-0.15, -0.1) is 0 Å². The van der Waals surface area contributed by atoms with Crippen LogP contribution in [-0.2, 0) is 20.9 Å². The number of hydrogen-bond acceptors (Lipinski definition) is 4. The predicted octanol–water partition coefficient (Wildman–Crippen LogP) is 7.14. The zero-order valence-electron chi connectivity index (χ0n) is 20.9. The van der Waals surface area contributed by atoms with Gasteiger partial charge in [0.2, 0.25) is 0 Å². The minimum Gasteiger partial charge on any atom is -0.0530 e. The molecule has 0 fully saturated rings. The SMILES string of the molecule is COc1ccc(COC/C(C)=C/CC[C@@H](C)C[C@H](CI)OC(=O)/C=[C](\C)[Sn]([CH3])([CH3])[CH3])cc1. The molecule has 0 aliphatic heterocycles. The van der Waals surface area contributed by atoms with E-state index in [2.05, 4.69) is 64.3 Å². The van der Waals surface area contributed by atoms with Crippen LogP contribution < -0.4 is 4.74 Å². The molecule has 2 atom stereocenters. The van der Waals surface area contributed by atoms with Crippen LogP contribution in [0.15, 0.2) is 45.6 Å². The Labute approximate surface area is 213 Å². The number of carbonyl (C=O) groups excluding carboxylic acids is 1. The zero-order valence-corrected chi connectivity index (χ0v) is 25.9. The number of ether oxygens (including phenoxy) is 3. The summed E-state index contributed by atoms with van der Waals surface area (Å²) in [6.07, 6.45) is 6.97. The topological polar surface area (TPSA) is 44.8 Å². The Hall–Kier alpha value is -0.541. The molecule has 1 rings (SSSR count). The van der Waals surface area contributed by atoms with E-state index in [4.69, 9.17) is 14.2 Å². The zero-order chi connectivity index (χ0) is 24.1. The van der Waals surface area contributed by atoms with Crippen molar-refractivity contribution in [1.82, 2.24) is 0 Å². The van der Waals surface area contributed by atoms with E-state index in [0.29, 0.717) is 19.1 Å². The fourth-order valence-electron chi connectivity index (χ4n) is 3.03. The Morgan fingerprint density at radius 2 is 1.81 bits per heavy atom. The van der Waals surface area contributed by atoms with Gasteiger partial charge < -0.3 is 9.47 Å². The molecule has 6 heteroatoms. The molecule has 0 radical (unpaired) electrons. The molecule has 0 aromatic heterocycles. The first-order chi connectivity index (χ1) is 15.0. The van der Waals surface area contributed by atoms with Crippen molar-refractivity contribution in [3.05, 3.63) is 51.1 Å². The van der Waals surface area contributed by atoms with Gasteiger partial charge in [-0.05, 0) is 17.7 Å². The minimum atomic E-state index is -2.17. The van der Waals surface area contributed by atoms with Crippen molar-refractivity contribution in [3.63, 3.8) is 0 Å². The number of carbonyl (C=O) groups is 1. The second-order valence-electron chi connectivity index (χ2n) is 9.60. The van der Waals surface area contributed by atoms with Gasteiger partial charge in [0.1, 0.15) is 5.75 Å². The number of methoxy groups -OCH3 is 1. The third kappa shape index (κ3) is 12.6. The number of rotatable bonds is 14. The van der Waals surface area contributed by atoms with Crippen molar-refractivity contribution >= 4 is 46.9 Å². The van der Waals surface area contributed by atoms with Crippen molar-refractivity contribution in [1.29, 1.82) is 0 Å². The summed E-state index contributed by atoms with van der Waals surface area (Å²) >= 11 is 0.148. The molecule has 180 valence electrons. The maximum absolute atomic E-state index is 12.3. The van der Waals surface area contributed by atoms with Crippen LogP contribution in [0.2, 0.25) is 14.8 Å². The van der Waals surface area contributed by atoms with Crippen LogP contribution in [0.1, 0.15) is 45.6 Å². The van der Waals surface area contributed by atoms with Crippen LogP contribution in [0.4, 0.5) is 0 Å². The van der Waals surface area contributed by atoms with Gasteiger partial charge >= 0.3 is 156 Å². The molecule has 4 nitrogen and oxygen atoms in total. The summed E-state index contributed by atoms with van der Waals surface area (Å²) in [5, 5.41) is 0. The van der Waals surface area contributed by atoms with Gasteiger partial charge in [-0.2, -0.15) is 0 Å². The summed E-state index contributed by atoms with van der Waals surface area (Å²) in [5.41, 5.74) is 2.39. The molecule has 0 saturated carbocycles. The van der Waals surface area contributed by atoms with E-state index in [1.165, 1.54) is 9.16 Å². The quantitative estimate of drug-likeness (QED) is 0.0531. The van der Waals surface area contributed by atoms with Crippen molar-refractivity contribution < 1.29 is 19.0 Å². The summed E-state index contributed by atoms with van der Waals surface area (Å²) in [7, 11) is 1.67. The van der Waals surface area contributed by atoms with Crippen molar-refractivity contribution in [2.75, 3.05) is 18.1 Å². The van der Waals surface area contributed by atoms with Crippen LogP contribution in [-0.4, -0.2) is 48.6 Å². The molecular weight excluding hydrogens is 622 g/mol. The Balaban J connectivity index is 2.35. The molecule has 0 heterocycles. The number of esters is 1. The fourth-order valence-corrected chi connectivity index (χ4v) is 5.14. The van der Waals surface area contributed by atoms with E-state index in [-0.39, 0.29) is 12.1 Å². The maximum atomic E-state index is 12.3. The van der Waals surface area contributed by atoms with E-state index in [1.807, 2.05) is 24.3 Å². The normalized spacial score (nSPS) is 14.8. The fraction of sp³-hybridized carbons (Fsp3) is 0.577. The maximum Gasteiger partial charge on any atom is -0.0196 e. The monoisotopic (exact) mass is 664 g/mol. The number of benzene rings is 1. The standard InChI is InChI=1S/C23H32IO4.3CH3.Sn/c1-5-7-23(25)28-22(15-24)14-18(2)8-6-9-19(3)16-27-17-20-10-12-21(26-4)13-11-20;;;;/h7,9-13,18,22H,6,8,14-17H2,1-4H3;3*1H3;/b7-5?,19-9+;;;;/t18-,22-;;;;/m1..../s1. The van der Waals surface area contributed by atoms with Crippen molar-refractivity contribution in [3.8, 4) is 5.75 Å². The first-order valence-electron chi connectivity index (χ1n) is 11.4. The molecule has 0 aliphatic carbocycles. The number of alkyl halides is 1. The van der Waals surface area contributed by atoms with E-state index in [9.17, 15) is 4.79 Å². The molecule has 0 aliphatic rings. The van der Waals surface area contributed by atoms with Crippen LogP contribution in [0, 0.1) is 5.92 Å². The number of hydrogen-bond donors (Lipinski definition) is 0. The Kier molecular flexibility index (Phi) is 14.2. The van der Waals surface area contributed by atoms with Gasteiger partial charge in [-0.1, -0.05) is 12.1 Å². The van der Waals surface area contributed by atoms with Crippen LogP contribution in [0.5, 0.6) is 5.75 Å². The average molecular weight is 663 g/mol. The largest absolute Gasteiger partial charge is 0.0530 e. The average Bonchev–Trinajstić information content (AvgIpc) is 2.73. The molecule has 0 amide bonds. The number of halogens is 1. The minimum absolute atomic E-state index is 0.0183. The van der Waals surface area contributed by atoms with E-state index in [1.54, 1.807) is 13.2 Å². The Morgan fingerprint density at radius 1 is 1.16 bits per heavy atom. The first kappa shape index (κ1) is 29.5. The molecule has 1 aromatic rings. The third-order valence-corrected chi connectivity index (χ3v) is 13.7. The van der Waals surface area contributed by atoms with Gasteiger partial charge in [0.15, 0.2) is 0 Å². The second-order valence-corrected chi connectivity index (χ2v) is 25.6. The Bertz CT molecular complexity index is 750.